The highest BCUT2D eigenvalue weighted by Gasteiger charge is 2.35. The smallest absolute Gasteiger partial charge is 0.407 e. The Morgan fingerprint density at radius 3 is 2.53 bits per heavy atom. The minimum absolute atomic E-state index is 0.223. The van der Waals surface area contributed by atoms with Crippen molar-refractivity contribution in [2.75, 3.05) is 13.7 Å². The van der Waals surface area contributed by atoms with Gasteiger partial charge in [0.25, 0.3) is 0 Å². The van der Waals surface area contributed by atoms with Gasteiger partial charge in [-0.3, -0.25) is 0 Å². The predicted octanol–water partition coefficient (Wildman–Crippen LogP) is 1.64. The quantitative estimate of drug-likeness (QED) is 0.750. The Labute approximate surface area is 91.5 Å². The number of alkyl carbamates (subject to hydrolysis) is 1. The molecule has 0 aliphatic heterocycles. The highest BCUT2D eigenvalue weighted by molar-refractivity contribution is 5.68. The van der Waals surface area contributed by atoms with Crippen molar-refractivity contribution in [1.29, 1.82) is 0 Å². The molecule has 0 aromatic heterocycles. The predicted molar refractivity (Wildman–Crippen MR) is 59.6 cm³/mol. The summed E-state index contributed by atoms with van der Waals surface area (Å²) in [4.78, 5) is 11.2. The van der Waals surface area contributed by atoms with Gasteiger partial charge in [0.1, 0.15) is 0 Å². The molecule has 0 aromatic rings. The van der Waals surface area contributed by atoms with Crippen LogP contribution in [0.3, 0.4) is 0 Å². The summed E-state index contributed by atoms with van der Waals surface area (Å²) in [7, 11) is 1.39. The second kappa shape index (κ2) is 5.35. The van der Waals surface area contributed by atoms with E-state index in [2.05, 4.69) is 17.0 Å². The SMILES string of the molecule is CCC1CCC(CN)(NC(=O)OC)CC1. The minimum Gasteiger partial charge on any atom is -0.453 e. The Balaban J connectivity index is 2.52. The van der Waals surface area contributed by atoms with Gasteiger partial charge in [-0.1, -0.05) is 13.3 Å². The fourth-order valence-corrected chi connectivity index (χ4v) is 2.29. The van der Waals surface area contributed by atoms with Gasteiger partial charge < -0.3 is 15.8 Å². The van der Waals surface area contributed by atoms with Gasteiger partial charge in [-0.05, 0) is 31.6 Å². The van der Waals surface area contributed by atoms with Gasteiger partial charge in [-0.25, -0.2) is 4.79 Å². The second-order valence-electron chi connectivity index (χ2n) is 4.45. The molecule has 0 saturated heterocycles. The van der Waals surface area contributed by atoms with Crippen LogP contribution in [0.5, 0.6) is 0 Å². The van der Waals surface area contributed by atoms with Crippen molar-refractivity contribution in [2.45, 2.75) is 44.6 Å². The van der Waals surface area contributed by atoms with Gasteiger partial charge in [0, 0.05) is 6.54 Å². The van der Waals surface area contributed by atoms with Gasteiger partial charge in [0.2, 0.25) is 0 Å². The van der Waals surface area contributed by atoms with Crippen molar-refractivity contribution in [3.05, 3.63) is 0 Å². The van der Waals surface area contributed by atoms with E-state index in [4.69, 9.17) is 5.73 Å². The van der Waals surface area contributed by atoms with E-state index in [1.54, 1.807) is 0 Å². The van der Waals surface area contributed by atoms with Crippen LogP contribution in [0.15, 0.2) is 0 Å². The second-order valence-corrected chi connectivity index (χ2v) is 4.45. The molecular formula is C11H22N2O2. The average molecular weight is 214 g/mol. The Morgan fingerprint density at radius 2 is 2.13 bits per heavy atom. The summed E-state index contributed by atoms with van der Waals surface area (Å²) in [6.07, 6.45) is 5.10. The fraction of sp³-hybridized carbons (Fsp3) is 0.909. The normalized spacial score (nSPS) is 31.0. The van der Waals surface area contributed by atoms with E-state index in [0.717, 1.165) is 31.6 Å². The Morgan fingerprint density at radius 1 is 1.53 bits per heavy atom. The van der Waals surface area contributed by atoms with E-state index < -0.39 is 0 Å². The molecule has 1 amide bonds. The number of rotatable bonds is 3. The molecule has 0 bridgehead atoms. The first-order valence-electron chi connectivity index (χ1n) is 5.72. The molecule has 0 spiro atoms. The molecule has 0 radical (unpaired) electrons. The van der Waals surface area contributed by atoms with Crippen molar-refractivity contribution >= 4 is 6.09 Å². The number of amides is 1. The third-order valence-electron chi connectivity index (χ3n) is 3.58. The van der Waals surface area contributed by atoms with Crippen LogP contribution >= 0.6 is 0 Å². The maximum absolute atomic E-state index is 11.2. The van der Waals surface area contributed by atoms with E-state index in [-0.39, 0.29) is 11.6 Å². The van der Waals surface area contributed by atoms with Crippen LogP contribution in [0.1, 0.15) is 39.0 Å². The standard InChI is InChI=1S/C11H22N2O2/c1-3-9-4-6-11(8-12,7-5-9)13-10(14)15-2/h9H,3-8,12H2,1-2H3,(H,13,14). The number of nitrogens with two attached hydrogens (primary N) is 1. The molecule has 1 rings (SSSR count). The lowest BCUT2D eigenvalue weighted by Gasteiger charge is -2.39. The molecule has 1 saturated carbocycles. The topological polar surface area (TPSA) is 64.3 Å². The van der Waals surface area contributed by atoms with Crippen molar-refractivity contribution in [2.24, 2.45) is 11.7 Å². The van der Waals surface area contributed by atoms with Crippen LogP contribution in [-0.2, 0) is 4.74 Å². The maximum atomic E-state index is 11.2. The number of carbonyl (C=O) groups is 1. The largest absolute Gasteiger partial charge is 0.453 e. The van der Waals surface area contributed by atoms with E-state index in [1.807, 2.05) is 0 Å². The Kier molecular flexibility index (Phi) is 4.39. The van der Waals surface area contributed by atoms with E-state index in [9.17, 15) is 4.79 Å². The lowest BCUT2D eigenvalue weighted by molar-refractivity contribution is 0.136. The molecule has 0 unspecified atom stereocenters. The molecule has 0 heterocycles. The van der Waals surface area contributed by atoms with Gasteiger partial charge in [-0.15, -0.1) is 0 Å². The van der Waals surface area contributed by atoms with Crippen LogP contribution in [0, 0.1) is 5.92 Å². The molecule has 4 heteroatoms. The summed E-state index contributed by atoms with van der Waals surface area (Å²) in [5.41, 5.74) is 5.53. The van der Waals surface area contributed by atoms with E-state index in [1.165, 1.54) is 13.5 Å². The van der Waals surface area contributed by atoms with Crippen LogP contribution in [0.4, 0.5) is 4.79 Å². The van der Waals surface area contributed by atoms with Crippen LogP contribution in [0.25, 0.3) is 0 Å². The number of hydrogen-bond donors (Lipinski definition) is 2. The lowest BCUT2D eigenvalue weighted by atomic mass is 9.75. The molecule has 4 nitrogen and oxygen atoms in total. The highest BCUT2D eigenvalue weighted by Crippen LogP contribution is 2.33. The molecule has 0 aromatic carbocycles. The number of carbonyl (C=O) groups excluding carboxylic acids is 1. The zero-order valence-electron chi connectivity index (χ0n) is 9.71. The highest BCUT2D eigenvalue weighted by atomic mass is 16.5. The van der Waals surface area contributed by atoms with Crippen LogP contribution < -0.4 is 11.1 Å². The number of nitrogens with one attached hydrogen (secondary N) is 1. The summed E-state index contributed by atoms with van der Waals surface area (Å²) >= 11 is 0. The molecule has 1 aliphatic rings. The summed E-state index contributed by atoms with van der Waals surface area (Å²) in [6.45, 7) is 2.71. The van der Waals surface area contributed by atoms with Crippen molar-refractivity contribution in [3.8, 4) is 0 Å². The van der Waals surface area contributed by atoms with Crippen molar-refractivity contribution in [1.82, 2.24) is 5.32 Å². The zero-order valence-corrected chi connectivity index (χ0v) is 9.71. The fourth-order valence-electron chi connectivity index (χ4n) is 2.29. The van der Waals surface area contributed by atoms with E-state index in [0.29, 0.717) is 6.54 Å². The summed E-state index contributed by atoms with van der Waals surface area (Å²) in [6, 6.07) is 0. The Hall–Kier alpha value is -0.770. The van der Waals surface area contributed by atoms with Gasteiger partial charge in [-0.2, -0.15) is 0 Å². The molecular weight excluding hydrogens is 192 g/mol. The van der Waals surface area contributed by atoms with Gasteiger partial charge >= 0.3 is 6.09 Å². The first-order valence-corrected chi connectivity index (χ1v) is 5.72. The number of hydrogen-bond acceptors (Lipinski definition) is 3. The van der Waals surface area contributed by atoms with E-state index >= 15 is 0 Å². The molecule has 15 heavy (non-hydrogen) atoms. The molecule has 3 N–H and O–H groups in total. The third-order valence-corrected chi connectivity index (χ3v) is 3.58. The first kappa shape index (κ1) is 12.3. The Bertz CT molecular complexity index is 211. The summed E-state index contributed by atoms with van der Waals surface area (Å²) in [5.74, 6) is 0.795. The lowest BCUT2D eigenvalue weighted by Crippen LogP contribution is -2.55. The summed E-state index contributed by atoms with van der Waals surface area (Å²) < 4.78 is 4.63. The average Bonchev–Trinajstić information content (AvgIpc) is 2.30. The first-order chi connectivity index (χ1) is 7.15. The monoisotopic (exact) mass is 214 g/mol. The molecule has 1 fully saturated rings. The molecule has 0 atom stereocenters. The third kappa shape index (κ3) is 3.09. The molecule has 1 aliphatic carbocycles. The number of ether oxygens (including phenoxy) is 1. The van der Waals surface area contributed by atoms with Crippen molar-refractivity contribution < 1.29 is 9.53 Å². The van der Waals surface area contributed by atoms with Crippen LogP contribution in [-0.4, -0.2) is 25.3 Å². The van der Waals surface area contributed by atoms with Gasteiger partial charge in [0.05, 0.1) is 12.6 Å². The maximum Gasteiger partial charge on any atom is 0.407 e. The van der Waals surface area contributed by atoms with Gasteiger partial charge in [0.15, 0.2) is 0 Å². The molecule has 88 valence electrons. The zero-order chi connectivity index (χ0) is 11.3. The number of methoxy groups -OCH3 is 1. The minimum atomic E-state index is -0.365. The summed E-state index contributed by atoms with van der Waals surface area (Å²) in [5, 5.41) is 2.89. The van der Waals surface area contributed by atoms with Crippen molar-refractivity contribution in [3.63, 3.8) is 0 Å². The van der Waals surface area contributed by atoms with Crippen LogP contribution in [0.2, 0.25) is 0 Å².